The molecule has 0 unspecified atom stereocenters. The van der Waals surface area contributed by atoms with Crippen molar-refractivity contribution in [3.05, 3.63) is 224 Å². The van der Waals surface area contributed by atoms with Crippen molar-refractivity contribution in [2.45, 2.75) is 0 Å². The molecule has 0 aliphatic carbocycles. The first-order valence-electron chi connectivity index (χ1n) is 19.8. The van der Waals surface area contributed by atoms with Crippen LogP contribution >= 0.6 is 0 Å². The van der Waals surface area contributed by atoms with E-state index >= 15 is 0 Å². The first kappa shape index (κ1) is 33.6. The van der Waals surface area contributed by atoms with E-state index < -0.39 is 0 Å². The van der Waals surface area contributed by atoms with E-state index in [0.29, 0.717) is 0 Å². The van der Waals surface area contributed by atoms with Crippen LogP contribution in [0.5, 0.6) is 0 Å². The summed E-state index contributed by atoms with van der Waals surface area (Å²) in [6.07, 6.45) is 0. The van der Waals surface area contributed by atoms with E-state index in [-0.39, 0.29) is 0 Å². The van der Waals surface area contributed by atoms with Crippen LogP contribution in [0.2, 0.25) is 0 Å². The number of hydrogen-bond acceptors (Lipinski definition) is 2. The fourth-order valence-electron chi connectivity index (χ4n) is 8.64. The quantitative estimate of drug-likeness (QED) is 0.162. The molecule has 0 N–H and O–H groups in total. The van der Waals surface area contributed by atoms with E-state index in [2.05, 4.69) is 229 Å². The zero-order chi connectivity index (χ0) is 38.4. The van der Waals surface area contributed by atoms with E-state index in [0.717, 1.165) is 50.1 Å². The van der Waals surface area contributed by atoms with Crippen LogP contribution in [0, 0.1) is 0 Å². The molecule has 10 aromatic carbocycles. The Morgan fingerprint density at radius 2 is 0.845 bits per heavy atom. The molecule has 0 saturated carbocycles. The lowest BCUT2D eigenvalue weighted by molar-refractivity contribution is 0.669. The molecule has 0 bridgehead atoms. The fraction of sp³-hybridized carbons (Fsp3) is 0. The molecule has 0 aliphatic rings. The zero-order valence-corrected chi connectivity index (χ0v) is 31.7. The summed E-state index contributed by atoms with van der Waals surface area (Å²) in [5, 5.41) is 7.07. The molecule has 272 valence electrons. The van der Waals surface area contributed by atoms with E-state index in [4.69, 9.17) is 4.42 Å². The normalized spacial score (nSPS) is 11.4. The van der Waals surface area contributed by atoms with Crippen molar-refractivity contribution in [2.75, 3.05) is 4.90 Å². The van der Waals surface area contributed by atoms with Crippen molar-refractivity contribution in [1.29, 1.82) is 0 Å². The van der Waals surface area contributed by atoms with Crippen molar-refractivity contribution in [1.82, 2.24) is 0 Å². The Balaban J connectivity index is 1.08. The fourth-order valence-corrected chi connectivity index (χ4v) is 8.64. The van der Waals surface area contributed by atoms with Gasteiger partial charge in [0.1, 0.15) is 11.2 Å². The minimum Gasteiger partial charge on any atom is -0.456 e. The third-order valence-corrected chi connectivity index (χ3v) is 11.5. The maximum atomic E-state index is 6.57. The third-order valence-electron chi connectivity index (χ3n) is 11.5. The number of furan rings is 1. The van der Waals surface area contributed by atoms with Gasteiger partial charge in [-0.25, -0.2) is 0 Å². The summed E-state index contributed by atoms with van der Waals surface area (Å²) < 4.78 is 6.57. The number of rotatable bonds is 7. The highest BCUT2D eigenvalue weighted by Gasteiger charge is 2.21. The van der Waals surface area contributed by atoms with Crippen molar-refractivity contribution >= 4 is 60.5 Å². The lowest BCUT2D eigenvalue weighted by Crippen LogP contribution is -2.11. The van der Waals surface area contributed by atoms with E-state index in [1.807, 2.05) is 0 Å². The van der Waals surface area contributed by atoms with Gasteiger partial charge in [0.2, 0.25) is 0 Å². The number of nitrogens with zero attached hydrogens (tertiary/aromatic N) is 1. The molecule has 11 aromatic rings. The molecule has 0 fully saturated rings. The maximum Gasteiger partial charge on any atom is 0.136 e. The van der Waals surface area contributed by atoms with Crippen LogP contribution < -0.4 is 4.90 Å². The highest BCUT2D eigenvalue weighted by Crippen LogP contribution is 2.46. The second-order valence-corrected chi connectivity index (χ2v) is 14.9. The van der Waals surface area contributed by atoms with Gasteiger partial charge in [-0.2, -0.15) is 0 Å². The predicted octanol–water partition coefficient (Wildman–Crippen LogP) is 16.0. The van der Waals surface area contributed by atoms with Gasteiger partial charge in [-0.1, -0.05) is 176 Å². The smallest absolute Gasteiger partial charge is 0.136 e. The van der Waals surface area contributed by atoms with Crippen LogP contribution in [0.15, 0.2) is 229 Å². The molecule has 0 amide bonds. The highest BCUT2D eigenvalue weighted by atomic mass is 16.3. The van der Waals surface area contributed by atoms with Gasteiger partial charge in [-0.15, -0.1) is 0 Å². The lowest BCUT2D eigenvalue weighted by atomic mass is 9.95. The average molecular weight is 740 g/mol. The molecule has 0 atom stereocenters. The molecule has 0 aliphatic heterocycles. The molecule has 1 heterocycles. The lowest BCUT2D eigenvalue weighted by Gasteiger charge is -2.28. The summed E-state index contributed by atoms with van der Waals surface area (Å²) in [5.41, 5.74) is 14.4. The molecule has 0 saturated heterocycles. The molecular formula is C56H37NO. The van der Waals surface area contributed by atoms with Gasteiger partial charge in [-0.05, 0) is 109 Å². The van der Waals surface area contributed by atoms with E-state index in [1.165, 1.54) is 54.9 Å². The minimum absolute atomic E-state index is 0.879. The van der Waals surface area contributed by atoms with Crippen molar-refractivity contribution in [2.24, 2.45) is 0 Å². The number of anilines is 3. The molecule has 1 aromatic heterocycles. The summed E-state index contributed by atoms with van der Waals surface area (Å²) in [6.45, 7) is 0. The molecule has 2 heteroatoms. The van der Waals surface area contributed by atoms with Crippen LogP contribution in [0.1, 0.15) is 0 Å². The molecule has 0 radical (unpaired) electrons. The van der Waals surface area contributed by atoms with E-state index in [9.17, 15) is 0 Å². The first-order valence-corrected chi connectivity index (χ1v) is 19.8. The topological polar surface area (TPSA) is 16.4 Å². The Bertz CT molecular complexity index is 3260. The molecule has 11 rings (SSSR count). The minimum atomic E-state index is 0.879. The molecular weight excluding hydrogens is 703 g/mol. The monoisotopic (exact) mass is 739 g/mol. The summed E-state index contributed by atoms with van der Waals surface area (Å²) in [5.74, 6) is 0. The molecule has 58 heavy (non-hydrogen) atoms. The van der Waals surface area contributed by atoms with Gasteiger partial charge in [-0.3, -0.25) is 0 Å². The van der Waals surface area contributed by atoms with Gasteiger partial charge >= 0.3 is 0 Å². The van der Waals surface area contributed by atoms with Gasteiger partial charge in [0.15, 0.2) is 0 Å². The molecule has 0 spiro atoms. The third kappa shape index (κ3) is 5.91. The van der Waals surface area contributed by atoms with Gasteiger partial charge in [0.25, 0.3) is 0 Å². The SMILES string of the molecule is c1ccc(-c2ccc(-c3ccc(N(c4cccc(-c5cccc6ccccc56)c4)c4ccccc4-c4cccc5oc6cc7ccccc7cc6c45)cc3)cc2)cc1. The maximum absolute atomic E-state index is 6.57. The standard InChI is InChI=1S/C56H37NO/c1-2-13-38(14-3-1)39-27-29-40(30-28-39)41-31-33-46(34-32-41)57(47-20-10-19-45(35-47)49-23-11-18-42-15-6-7-21-48(42)49)53-25-9-8-22-50(53)51-24-12-26-54-56(51)52-36-43-16-4-5-17-44(43)37-55(52)58-54/h1-37H. The average Bonchev–Trinajstić information content (AvgIpc) is 3.66. The summed E-state index contributed by atoms with van der Waals surface area (Å²) in [4.78, 5) is 2.41. The first-order chi connectivity index (χ1) is 28.7. The van der Waals surface area contributed by atoms with Crippen LogP contribution in [-0.2, 0) is 0 Å². The van der Waals surface area contributed by atoms with Crippen LogP contribution in [0.4, 0.5) is 17.1 Å². The van der Waals surface area contributed by atoms with Crippen LogP contribution in [-0.4, -0.2) is 0 Å². The number of para-hydroxylation sites is 1. The van der Waals surface area contributed by atoms with Crippen LogP contribution in [0.25, 0.3) is 88.0 Å². The van der Waals surface area contributed by atoms with Gasteiger partial charge in [0, 0.05) is 27.7 Å². The van der Waals surface area contributed by atoms with Crippen molar-refractivity contribution in [3.8, 4) is 44.5 Å². The summed E-state index contributed by atoms with van der Waals surface area (Å²) in [7, 11) is 0. The Hall–Kier alpha value is -7.68. The largest absolute Gasteiger partial charge is 0.456 e. The summed E-state index contributed by atoms with van der Waals surface area (Å²) >= 11 is 0. The Morgan fingerprint density at radius 1 is 0.293 bits per heavy atom. The number of hydrogen-bond donors (Lipinski definition) is 0. The highest BCUT2D eigenvalue weighted by molar-refractivity contribution is 6.16. The molecule has 2 nitrogen and oxygen atoms in total. The Morgan fingerprint density at radius 3 is 1.64 bits per heavy atom. The Kier molecular flexibility index (Phi) is 8.19. The summed E-state index contributed by atoms with van der Waals surface area (Å²) in [6, 6.07) is 80.7. The van der Waals surface area contributed by atoms with Gasteiger partial charge in [0.05, 0.1) is 5.69 Å². The number of benzene rings is 10. The van der Waals surface area contributed by atoms with Crippen molar-refractivity contribution in [3.63, 3.8) is 0 Å². The van der Waals surface area contributed by atoms with E-state index in [1.54, 1.807) is 0 Å². The van der Waals surface area contributed by atoms with Crippen molar-refractivity contribution < 1.29 is 4.42 Å². The number of fused-ring (bicyclic) bond motifs is 5. The zero-order valence-electron chi connectivity index (χ0n) is 31.7. The predicted molar refractivity (Wildman–Crippen MR) is 245 cm³/mol. The second kappa shape index (κ2) is 14.1. The van der Waals surface area contributed by atoms with Crippen LogP contribution in [0.3, 0.4) is 0 Å². The van der Waals surface area contributed by atoms with Gasteiger partial charge < -0.3 is 9.32 Å². The Labute approximate surface area is 337 Å². The second-order valence-electron chi connectivity index (χ2n) is 14.9.